The number of nitriles is 1. The first-order valence-corrected chi connectivity index (χ1v) is 11.7. The molecule has 1 fully saturated rings. The zero-order valence-corrected chi connectivity index (χ0v) is 19.8. The van der Waals surface area contributed by atoms with Gasteiger partial charge in [-0.15, -0.1) is 0 Å². The number of carbonyl (C=O) groups excluding carboxylic acids is 2. The van der Waals surface area contributed by atoms with E-state index in [0.29, 0.717) is 27.8 Å². The van der Waals surface area contributed by atoms with Crippen molar-refractivity contribution in [3.8, 4) is 11.8 Å². The van der Waals surface area contributed by atoms with Gasteiger partial charge in [0, 0.05) is 16.4 Å². The van der Waals surface area contributed by atoms with E-state index in [2.05, 4.69) is 5.32 Å². The van der Waals surface area contributed by atoms with E-state index in [1.54, 1.807) is 43.5 Å². The third-order valence-corrected chi connectivity index (χ3v) is 6.72. The number of ether oxygens (including phenoxy) is 1. The number of hydrogen-bond acceptors (Lipinski definition) is 5. The molecule has 0 aliphatic carbocycles. The van der Waals surface area contributed by atoms with Crippen molar-refractivity contribution in [2.24, 2.45) is 0 Å². The van der Waals surface area contributed by atoms with Crippen molar-refractivity contribution in [3.05, 3.63) is 100 Å². The standard InChI is InChI=1S/C26H20ClN3O3S/c1-33-21-13-7-17(8-14-21)15-23-25(32)30(20-5-3-2-4-6-20)26(34-23)22(16-28)24(31)29-19-11-9-18(27)10-12-19/h2-14,23H,15H2,1H3,(H,29,31)/b26-22-/t23-/m0/s1. The molecular formula is C26H20ClN3O3S. The summed E-state index contributed by atoms with van der Waals surface area (Å²) in [6.07, 6.45) is 0.442. The highest BCUT2D eigenvalue weighted by Gasteiger charge is 2.40. The molecule has 4 rings (SSSR count). The van der Waals surface area contributed by atoms with Crippen LogP contribution in [0, 0.1) is 11.3 Å². The summed E-state index contributed by atoms with van der Waals surface area (Å²) in [5.41, 5.74) is 1.91. The summed E-state index contributed by atoms with van der Waals surface area (Å²) in [5.74, 6) is -0.0495. The van der Waals surface area contributed by atoms with Crippen LogP contribution in [0.25, 0.3) is 0 Å². The topological polar surface area (TPSA) is 82.4 Å². The molecule has 1 saturated heterocycles. The lowest BCUT2D eigenvalue weighted by Gasteiger charge is -2.18. The minimum Gasteiger partial charge on any atom is -0.497 e. The summed E-state index contributed by atoms with van der Waals surface area (Å²) in [7, 11) is 1.60. The summed E-state index contributed by atoms with van der Waals surface area (Å²) in [5, 5.41) is 13.0. The largest absolute Gasteiger partial charge is 0.497 e. The van der Waals surface area contributed by atoms with Gasteiger partial charge in [-0.3, -0.25) is 14.5 Å². The lowest BCUT2D eigenvalue weighted by Crippen LogP contribution is -2.30. The van der Waals surface area contributed by atoms with Crippen LogP contribution in [0.4, 0.5) is 11.4 Å². The van der Waals surface area contributed by atoms with Gasteiger partial charge in [0.15, 0.2) is 0 Å². The Morgan fingerprint density at radius 2 is 1.76 bits per heavy atom. The number of para-hydroxylation sites is 1. The monoisotopic (exact) mass is 489 g/mol. The molecule has 2 amide bonds. The predicted octanol–water partition coefficient (Wildman–Crippen LogP) is 5.41. The Balaban J connectivity index is 1.68. The zero-order valence-electron chi connectivity index (χ0n) is 18.2. The summed E-state index contributed by atoms with van der Waals surface area (Å²) >= 11 is 7.14. The van der Waals surface area contributed by atoms with Crippen LogP contribution in [0.2, 0.25) is 5.02 Å². The van der Waals surface area contributed by atoms with Gasteiger partial charge in [0.05, 0.1) is 12.4 Å². The second-order valence-corrected chi connectivity index (χ2v) is 9.05. The summed E-state index contributed by atoms with van der Waals surface area (Å²) in [6, 6.07) is 25.1. The average molecular weight is 490 g/mol. The highest BCUT2D eigenvalue weighted by atomic mass is 35.5. The molecule has 0 bridgehead atoms. The molecule has 170 valence electrons. The number of nitrogens with zero attached hydrogens (tertiary/aromatic N) is 2. The highest BCUT2D eigenvalue weighted by Crippen LogP contribution is 2.42. The van der Waals surface area contributed by atoms with Gasteiger partial charge in [0.1, 0.15) is 22.4 Å². The predicted molar refractivity (Wildman–Crippen MR) is 135 cm³/mol. The van der Waals surface area contributed by atoms with Crippen molar-refractivity contribution in [2.45, 2.75) is 11.7 Å². The molecule has 0 spiro atoms. The minimum atomic E-state index is -0.592. The maximum Gasteiger partial charge on any atom is 0.269 e. The average Bonchev–Trinajstić information content (AvgIpc) is 3.17. The molecule has 0 aromatic heterocycles. The molecule has 0 unspecified atom stereocenters. The molecule has 0 radical (unpaired) electrons. The van der Waals surface area contributed by atoms with Crippen molar-refractivity contribution < 1.29 is 14.3 Å². The number of benzene rings is 3. The zero-order chi connectivity index (χ0) is 24.1. The first kappa shape index (κ1) is 23.4. The third kappa shape index (κ3) is 5.09. The highest BCUT2D eigenvalue weighted by molar-refractivity contribution is 8.05. The molecule has 1 aliphatic heterocycles. The Morgan fingerprint density at radius 3 is 2.38 bits per heavy atom. The van der Waals surface area contributed by atoms with Crippen molar-refractivity contribution in [3.63, 3.8) is 0 Å². The van der Waals surface area contributed by atoms with E-state index in [4.69, 9.17) is 16.3 Å². The number of carbonyl (C=O) groups is 2. The van der Waals surface area contributed by atoms with Crippen LogP contribution in [0.5, 0.6) is 5.75 Å². The number of thioether (sulfide) groups is 1. The Kier molecular flexibility index (Phi) is 7.21. The first-order chi connectivity index (χ1) is 16.5. The number of amides is 2. The van der Waals surface area contributed by atoms with Gasteiger partial charge >= 0.3 is 0 Å². The minimum absolute atomic E-state index is 0.130. The first-order valence-electron chi connectivity index (χ1n) is 10.4. The maximum atomic E-state index is 13.5. The number of hydrogen-bond donors (Lipinski definition) is 1. The van der Waals surface area contributed by atoms with Gasteiger partial charge in [0.2, 0.25) is 5.91 Å². The van der Waals surface area contributed by atoms with E-state index in [1.807, 2.05) is 48.5 Å². The van der Waals surface area contributed by atoms with E-state index in [9.17, 15) is 14.9 Å². The van der Waals surface area contributed by atoms with Gasteiger partial charge < -0.3 is 10.1 Å². The van der Waals surface area contributed by atoms with E-state index in [1.165, 1.54) is 16.7 Å². The van der Waals surface area contributed by atoms with Crippen LogP contribution in [0.3, 0.4) is 0 Å². The lowest BCUT2D eigenvalue weighted by atomic mass is 10.1. The van der Waals surface area contributed by atoms with Gasteiger partial charge in [-0.05, 0) is 60.5 Å². The molecule has 1 aliphatic rings. The molecule has 3 aromatic carbocycles. The molecule has 1 atom stereocenters. The van der Waals surface area contributed by atoms with Gasteiger partial charge in [-0.1, -0.05) is 53.7 Å². The fourth-order valence-electron chi connectivity index (χ4n) is 3.50. The van der Waals surface area contributed by atoms with Crippen LogP contribution >= 0.6 is 23.4 Å². The molecule has 0 saturated carbocycles. The van der Waals surface area contributed by atoms with Crippen LogP contribution in [-0.2, 0) is 16.0 Å². The van der Waals surface area contributed by atoms with Crippen LogP contribution in [-0.4, -0.2) is 24.2 Å². The quantitative estimate of drug-likeness (QED) is 0.369. The fourth-order valence-corrected chi connectivity index (χ4v) is 4.94. The van der Waals surface area contributed by atoms with Crippen molar-refractivity contribution >= 4 is 46.6 Å². The van der Waals surface area contributed by atoms with Crippen molar-refractivity contribution in [2.75, 3.05) is 17.3 Å². The number of methoxy groups -OCH3 is 1. The molecule has 6 nitrogen and oxygen atoms in total. The van der Waals surface area contributed by atoms with E-state index < -0.39 is 11.2 Å². The summed E-state index contributed by atoms with van der Waals surface area (Å²) in [6.45, 7) is 0. The third-order valence-electron chi connectivity index (χ3n) is 5.20. The molecule has 8 heteroatoms. The van der Waals surface area contributed by atoms with Crippen LogP contribution in [0.15, 0.2) is 89.5 Å². The van der Waals surface area contributed by atoms with Crippen molar-refractivity contribution in [1.82, 2.24) is 0 Å². The second-order valence-electron chi connectivity index (χ2n) is 7.42. The number of halogens is 1. The second kappa shape index (κ2) is 10.5. The lowest BCUT2D eigenvalue weighted by molar-refractivity contribution is -0.117. The molecule has 1 N–H and O–H groups in total. The van der Waals surface area contributed by atoms with Gasteiger partial charge in [-0.25, -0.2) is 0 Å². The molecule has 34 heavy (non-hydrogen) atoms. The summed E-state index contributed by atoms with van der Waals surface area (Å²) in [4.78, 5) is 28.0. The van der Waals surface area contributed by atoms with Crippen molar-refractivity contribution in [1.29, 1.82) is 5.26 Å². The van der Waals surface area contributed by atoms with Gasteiger partial charge in [-0.2, -0.15) is 5.26 Å². The number of rotatable bonds is 6. The Morgan fingerprint density at radius 1 is 1.09 bits per heavy atom. The fraction of sp³-hybridized carbons (Fsp3) is 0.115. The van der Waals surface area contributed by atoms with E-state index in [-0.39, 0.29) is 11.5 Å². The number of nitrogens with one attached hydrogen (secondary N) is 1. The van der Waals surface area contributed by atoms with Crippen LogP contribution < -0.4 is 15.0 Å². The van der Waals surface area contributed by atoms with Crippen LogP contribution in [0.1, 0.15) is 5.56 Å². The molecule has 3 aromatic rings. The maximum absolute atomic E-state index is 13.5. The number of anilines is 2. The summed E-state index contributed by atoms with van der Waals surface area (Å²) < 4.78 is 5.20. The Hall–Kier alpha value is -3.73. The Labute approximate surface area is 206 Å². The normalized spacial score (nSPS) is 16.7. The SMILES string of the molecule is COc1ccc(C[C@@H]2S/C(=C(/C#N)C(=O)Nc3ccc(Cl)cc3)N(c3ccccc3)C2=O)cc1. The van der Waals surface area contributed by atoms with E-state index in [0.717, 1.165) is 11.3 Å². The Bertz CT molecular complexity index is 1270. The van der Waals surface area contributed by atoms with E-state index >= 15 is 0 Å². The molecular weight excluding hydrogens is 470 g/mol. The molecule has 1 heterocycles. The van der Waals surface area contributed by atoms with Gasteiger partial charge in [0.25, 0.3) is 5.91 Å². The smallest absolute Gasteiger partial charge is 0.269 e.